The third kappa shape index (κ3) is 5.16. The highest BCUT2D eigenvalue weighted by Crippen LogP contribution is 2.30. The van der Waals surface area contributed by atoms with Crippen LogP contribution in [0.1, 0.15) is 16.7 Å². The maximum absolute atomic E-state index is 9.44. The number of hydrogen-bond donors (Lipinski definition) is 1. The molecular weight excluding hydrogens is 364 g/mol. The van der Waals surface area contributed by atoms with Gasteiger partial charge in [0.1, 0.15) is 19.0 Å². The molecule has 1 N–H and O–H groups in total. The van der Waals surface area contributed by atoms with Crippen molar-refractivity contribution in [1.82, 2.24) is 0 Å². The fraction of sp³-hybridized carbons (Fsp3) is 0.182. The zero-order valence-corrected chi connectivity index (χ0v) is 15.8. The minimum absolute atomic E-state index is 0.133. The number of aliphatic hydroxyl groups excluding tert-OH is 1. The van der Waals surface area contributed by atoms with Gasteiger partial charge in [-0.05, 0) is 41.5 Å². The van der Waals surface area contributed by atoms with Gasteiger partial charge >= 0.3 is 0 Å². The van der Waals surface area contributed by atoms with Crippen LogP contribution >= 0.6 is 11.6 Å². The van der Waals surface area contributed by atoms with Gasteiger partial charge in [0.25, 0.3) is 0 Å². The Labute approximate surface area is 163 Å². The monoisotopic (exact) mass is 384 g/mol. The van der Waals surface area contributed by atoms with E-state index < -0.39 is 0 Å². The summed E-state index contributed by atoms with van der Waals surface area (Å²) in [6.45, 7) is 0.674. The van der Waals surface area contributed by atoms with Gasteiger partial charge in [0.15, 0.2) is 11.5 Å². The number of halogens is 1. The van der Waals surface area contributed by atoms with E-state index in [-0.39, 0.29) is 6.61 Å². The molecule has 0 unspecified atom stereocenters. The topological polar surface area (TPSA) is 47.9 Å². The molecule has 0 radical (unpaired) electrons. The van der Waals surface area contributed by atoms with Gasteiger partial charge in [0, 0.05) is 10.6 Å². The minimum atomic E-state index is -0.133. The first kappa shape index (κ1) is 19.1. The predicted octanol–water partition coefficient (Wildman–Crippen LogP) is 5.00. The van der Waals surface area contributed by atoms with Crippen LogP contribution in [0, 0.1) is 0 Å². The van der Waals surface area contributed by atoms with E-state index in [9.17, 15) is 5.11 Å². The maximum Gasteiger partial charge on any atom is 0.161 e. The lowest BCUT2D eigenvalue weighted by atomic mass is 10.2. The van der Waals surface area contributed by atoms with Crippen LogP contribution in [0.15, 0.2) is 66.7 Å². The Bertz CT molecular complexity index is 881. The van der Waals surface area contributed by atoms with Crippen LogP contribution in [0.4, 0.5) is 0 Å². The Kier molecular flexibility index (Phi) is 6.58. The van der Waals surface area contributed by atoms with E-state index >= 15 is 0 Å². The van der Waals surface area contributed by atoms with Crippen LogP contribution in [0.3, 0.4) is 0 Å². The molecule has 0 heterocycles. The van der Waals surface area contributed by atoms with Gasteiger partial charge in [-0.3, -0.25) is 0 Å². The lowest BCUT2D eigenvalue weighted by Gasteiger charge is -2.14. The molecule has 0 spiro atoms. The summed E-state index contributed by atoms with van der Waals surface area (Å²) in [6.07, 6.45) is 0. The van der Waals surface area contributed by atoms with E-state index in [1.165, 1.54) is 0 Å². The number of methoxy groups -OCH3 is 1. The van der Waals surface area contributed by atoms with Gasteiger partial charge < -0.3 is 19.3 Å². The van der Waals surface area contributed by atoms with E-state index in [1.807, 2.05) is 48.5 Å². The highest BCUT2D eigenvalue weighted by Gasteiger charge is 2.09. The van der Waals surface area contributed by atoms with E-state index in [2.05, 4.69) is 0 Å². The largest absolute Gasteiger partial charge is 0.493 e. The Morgan fingerprint density at radius 1 is 0.778 bits per heavy atom. The molecule has 0 aliphatic heterocycles. The molecule has 0 aromatic heterocycles. The van der Waals surface area contributed by atoms with E-state index in [0.717, 1.165) is 11.1 Å². The molecule has 0 aliphatic carbocycles. The highest BCUT2D eigenvalue weighted by molar-refractivity contribution is 6.30. The van der Waals surface area contributed by atoms with Crippen molar-refractivity contribution >= 4 is 11.6 Å². The van der Waals surface area contributed by atoms with Crippen LogP contribution in [-0.4, -0.2) is 12.2 Å². The molecule has 0 aliphatic rings. The number of rotatable bonds is 8. The molecule has 0 saturated carbocycles. The fourth-order valence-corrected chi connectivity index (χ4v) is 2.82. The predicted molar refractivity (Wildman–Crippen MR) is 105 cm³/mol. The van der Waals surface area contributed by atoms with Crippen LogP contribution in [0.5, 0.6) is 17.2 Å². The smallest absolute Gasteiger partial charge is 0.161 e. The third-order valence-electron chi connectivity index (χ3n) is 4.05. The van der Waals surface area contributed by atoms with Gasteiger partial charge in [0.05, 0.1) is 13.7 Å². The number of ether oxygens (including phenoxy) is 3. The minimum Gasteiger partial charge on any atom is -0.493 e. The van der Waals surface area contributed by atoms with Crippen molar-refractivity contribution in [2.24, 2.45) is 0 Å². The van der Waals surface area contributed by atoms with Crippen LogP contribution in [0.25, 0.3) is 0 Å². The third-order valence-corrected chi connectivity index (χ3v) is 4.29. The van der Waals surface area contributed by atoms with Crippen molar-refractivity contribution < 1.29 is 19.3 Å². The fourth-order valence-electron chi connectivity index (χ4n) is 2.63. The normalized spacial score (nSPS) is 10.5. The van der Waals surface area contributed by atoms with Crippen LogP contribution in [-0.2, 0) is 19.8 Å². The van der Waals surface area contributed by atoms with Gasteiger partial charge in [0.2, 0.25) is 0 Å². The van der Waals surface area contributed by atoms with Crippen LogP contribution < -0.4 is 14.2 Å². The lowest BCUT2D eigenvalue weighted by Crippen LogP contribution is -2.01. The first-order valence-electron chi connectivity index (χ1n) is 8.55. The molecule has 3 aromatic carbocycles. The van der Waals surface area contributed by atoms with Crippen molar-refractivity contribution in [3.05, 3.63) is 88.4 Å². The Hall–Kier alpha value is -2.69. The first-order valence-corrected chi connectivity index (χ1v) is 8.93. The quantitative estimate of drug-likeness (QED) is 0.593. The van der Waals surface area contributed by atoms with E-state index in [1.54, 1.807) is 25.3 Å². The molecule has 3 rings (SSSR count). The summed E-state index contributed by atoms with van der Waals surface area (Å²) in [5, 5.41) is 10.00. The Morgan fingerprint density at radius 3 is 2.22 bits per heavy atom. The van der Waals surface area contributed by atoms with Gasteiger partial charge in [-0.1, -0.05) is 48.0 Å². The molecule has 3 aromatic rings. The number of aliphatic hydroxyl groups is 1. The summed E-state index contributed by atoms with van der Waals surface area (Å²) >= 11 is 5.95. The van der Waals surface area contributed by atoms with Gasteiger partial charge in [-0.2, -0.15) is 0 Å². The summed E-state index contributed by atoms with van der Waals surface area (Å²) in [5.74, 6) is 1.92. The van der Waals surface area contributed by atoms with Crippen molar-refractivity contribution in [2.45, 2.75) is 19.8 Å². The Morgan fingerprint density at radius 2 is 1.48 bits per heavy atom. The van der Waals surface area contributed by atoms with Crippen molar-refractivity contribution in [3.8, 4) is 17.2 Å². The molecular formula is C22H21ClO4. The average Bonchev–Trinajstić information content (AvgIpc) is 2.72. The van der Waals surface area contributed by atoms with Gasteiger partial charge in [-0.15, -0.1) is 0 Å². The second-order valence-electron chi connectivity index (χ2n) is 5.96. The molecule has 4 nitrogen and oxygen atoms in total. The Balaban J connectivity index is 1.67. The second-order valence-corrected chi connectivity index (χ2v) is 6.39. The molecule has 27 heavy (non-hydrogen) atoms. The maximum atomic E-state index is 9.44. The molecule has 140 valence electrons. The molecule has 5 heteroatoms. The zero-order valence-electron chi connectivity index (χ0n) is 15.0. The average molecular weight is 385 g/mol. The molecule has 0 bridgehead atoms. The number of benzene rings is 3. The summed E-state index contributed by atoms with van der Waals surface area (Å²) in [4.78, 5) is 0. The first-order chi connectivity index (χ1) is 13.2. The van der Waals surface area contributed by atoms with E-state index in [4.69, 9.17) is 25.8 Å². The highest BCUT2D eigenvalue weighted by atomic mass is 35.5. The standard InChI is InChI=1S/C22H21ClO4/c1-25-22-11-17(15-26-20-10-8-19(23)12-18(20)13-24)7-9-21(22)27-14-16-5-3-2-4-6-16/h2-12,24H,13-15H2,1H3. The van der Waals surface area contributed by atoms with Crippen molar-refractivity contribution in [1.29, 1.82) is 0 Å². The molecule has 0 atom stereocenters. The zero-order chi connectivity index (χ0) is 19.1. The lowest BCUT2D eigenvalue weighted by molar-refractivity contribution is 0.258. The summed E-state index contributed by atoms with van der Waals surface area (Å²) in [7, 11) is 1.61. The summed E-state index contributed by atoms with van der Waals surface area (Å²) in [6, 6.07) is 20.8. The SMILES string of the molecule is COc1cc(COc2ccc(Cl)cc2CO)ccc1OCc1ccccc1. The number of hydrogen-bond acceptors (Lipinski definition) is 4. The molecule has 0 fully saturated rings. The summed E-state index contributed by atoms with van der Waals surface area (Å²) < 4.78 is 17.1. The van der Waals surface area contributed by atoms with Crippen molar-refractivity contribution in [2.75, 3.05) is 7.11 Å². The van der Waals surface area contributed by atoms with Gasteiger partial charge in [-0.25, -0.2) is 0 Å². The summed E-state index contributed by atoms with van der Waals surface area (Å²) in [5.41, 5.74) is 2.67. The van der Waals surface area contributed by atoms with Crippen LogP contribution in [0.2, 0.25) is 5.02 Å². The second kappa shape index (κ2) is 9.31. The molecule has 0 saturated heterocycles. The van der Waals surface area contributed by atoms with Crippen molar-refractivity contribution in [3.63, 3.8) is 0 Å². The molecule has 0 amide bonds. The van der Waals surface area contributed by atoms with E-state index in [0.29, 0.717) is 41.0 Å².